The molecule has 1 aliphatic carbocycles. The van der Waals surface area contributed by atoms with Crippen molar-refractivity contribution in [3.05, 3.63) is 34.9 Å². The minimum absolute atomic E-state index is 0.564. The summed E-state index contributed by atoms with van der Waals surface area (Å²) in [4.78, 5) is 0. The number of hydrogen-bond acceptors (Lipinski definition) is 5. The Morgan fingerprint density at radius 3 is 2.35 bits per heavy atom. The van der Waals surface area contributed by atoms with Gasteiger partial charge in [-0.2, -0.15) is 0 Å². The standard InChI is InChI=1S/C12H17NO4/c14-6-10(15)12(17)13-11(16)9-4-2-7-1-3-8(7)5-9/h2,4-5,10-17H,1,3,6H2. The van der Waals surface area contributed by atoms with Crippen LogP contribution >= 0.6 is 0 Å². The van der Waals surface area contributed by atoms with Crippen LogP contribution in [0.1, 0.15) is 22.9 Å². The Morgan fingerprint density at radius 2 is 1.82 bits per heavy atom. The summed E-state index contributed by atoms with van der Waals surface area (Å²) in [6.07, 6.45) is -1.64. The third-order valence-electron chi connectivity index (χ3n) is 3.09. The third kappa shape index (κ3) is 2.65. The molecule has 5 nitrogen and oxygen atoms in total. The second-order valence-electron chi connectivity index (χ2n) is 4.29. The Morgan fingerprint density at radius 1 is 1.12 bits per heavy atom. The highest BCUT2D eigenvalue weighted by Crippen LogP contribution is 2.25. The highest BCUT2D eigenvalue weighted by atomic mass is 16.4. The number of fused-ring (bicyclic) bond motifs is 1. The Hall–Kier alpha value is -0.980. The van der Waals surface area contributed by atoms with Gasteiger partial charge >= 0.3 is 0 Å². The van der Waals surface area contributed by atoms with Gasteiger partial charge in [0.15, 0.2) is 0 Å². The zero-order valence-electron chi connectivity index (χ0n) is 9.37. The number of hydrogen-bond donors (Lipinski definition) is 5. The molecule has 0 fully saturated rings. The van der Waals surface area contributed by atoms with Crippen LogP contribution in [0.15, 0.2) is 18.2 Å². The van der Waals surface area contributed by atoms with E-state index in [9.17, 15) is 10.2 Å². The fourth-order valence-electron chi connectivity index (χ4n) is 1.85. The molecular formula is C12H17NO4. The fourth-order valence-corrected chi connectivity index (χ4v) is 1.85. The first-order chi connectivity index (χ1) is 8.11. The lowest BCUT2D eigenvalue weighted by Crippen LogP contribution is -2.43. The van der Waals surface area contributed by atoms with Crippen LogP contribution in [0, 0.1) is 0 Å². The predicted molar refractivity (Wildman–Crippen MR) is 61.0 cm³/mol. The Balaban J connectivity index is 1.99. The zero-order valence-corrected chi connectivity index (χ0v) is 9.37. The normalized spacial score (nSPS) is 19.1. The number of nitrogens with one attached hydrogen (secondary N) is 1. The van der Waals surface area contributed by atoms with Gasteiger partial charge in [0.05, 0.1) is 6.61 Å². The number of aliphatic hydroxyl groups is 4. The van der Waals surface area contributed by atoms with Crippen LogP contribution in [0.5, 0.6) is 0 Å². The van der Waals surface area contributed by atoms with Gasteiger partial charge in [-0.15, -0.1) is 0 Å². The first-order valence-corrected chi connectivity index (χ1v) is 5.64. The van der Waals surface area contributed by atoms with Crippen LogP contribution in [0.2, 0.25) is 0 Å². The molecule has 0 aliphatic heterocycles. The van der Waals surface area contributed by atoms with Crippen molar-refractivity contribution >= 4 is 0 Å². The summed E-state index contributed by atoms with van der Waals surface area (Å²) in [5.74, 6) is 0. The Labute approximate surface area is 99.3 Å². The van der Waals surface area contributed by atoms with Gasteiger partial charge in [-0.05, 0) is 29.5 Å². The van der Waals surface area contributed by atoms with Crippen molar-refractivity contribution in [2.24, 2.45) is 0 Å². The van der Waals surface area contributed by atoms with Gasteiger partial charge in [-0.25, -0.2) is 0 Å². The minimum atomic E-state index is -1.36. The van der Waals surface area contributed by atoms with E-state index in [4.69, 9.17) is 10.2 Å². The van der Waals surface area contributed by atoms with Gasteiger partial charge in [-0.1, -0.05) is 18.2 Å². The van der Waals surface area contributed by atoms with E-state index in [1.807, 2.05) is 12.1 Å². The van der Waals surface area contributed by atoms with Crippen molar-refractivity contribution in [1.82, 2.24) is 5.32 Å². The molecule has 0 radical (unpaired) electrons. The van der Waals surface area contributed by atoms with Crippen molar-refractivity contribution < 1.29 is 20.4 Å². The lowest BCUT2D eigenvalue weighted by molar-refractivity contribution is -0.0586. The van der Waals surface area contributed by atoms with Crippen molar-refractivity contribution in [3.63, 3.8) is 0 Å². The lowest BCUT2D eigenvalue weighted by Gasteiger charge is -2.24. The maximum absolute atomic E-state index is 9.81. The van der Waals surface area contributed by atoms with Gasteiger partial charge in [0.25, 0.3) is 0 Å². The van der Waals surface area contributed by atoms with Gasteiger partial charge < -0.3 is 20.4 Å². The molecule has 1 aromatic rings. The van der Waals surface area contributed by atoms with Gasteiger partial charge in [0.1, 0.15) is 18.6 Å². The molecule has 5 heteroatoms. The Bertz CT molecular complexity index is 396. The maximum Gasteiger partial charge on any atom is 0.135 e. The van der Waals surface area contributed by atoms with Gasteiger partial charge in [-0.3, -0.25) is 5.32 Å². The monoisotopic (exact) mass is 239 g/mol. The van der Waals surface area contributed by atoms with Crippen LogP contribution in [0.3, 0.4) is 0 Å². The maximum atomic E-state index is 9.81. The third-order valence-corrected chi connectivity index (χ3v) is 3.09. The molecule has 3 atom stereocenters. The highest BCUT2D eigenvalue weighted by molar-refractivity contribution is 5.39. The first kappa shape index (κ1) is 12.5. The summed E-state index contributed by atoms with van der Waals surface area (Å²) < 4.78 is 0. The molecule has 94 valence electrons. The largest absolute Gasteiger partial charge is 0.394 e. The van der Waals surface area contributed by atoms with Crippen molar-refractivity contribution in [2.75, 3.05) is 6.61 Å². The molecule has 0 saturated heterocycles. The molecule has 0 bridgehead atoms. The lowest BCUT2D eigenvalue weighted by atomic mass is 9.87. The summed E-state index contributed by atoms with van der Waals surface area (Å²) in [5, 5.41) is 39.4. The predicted octanol–water partition coefficient (Wildman–Crippen LogP) is -0.963. The van der Waals surface area contributed by atoms with Crippen LogP contribution in [-0.2, 0) is 12.8 Å². The smallest absolute Gasteiger partial charge is 0.135 e. The second-order valence-corrected chi connectivity index (χ2v) is 4.29. The molecule has 0 amide bonds. The quantitative estimate of drug-likeness (QED) is 0.427. The van der Waals surface area contributed by atoms with E-state index in [1.54, 1.807) is 6.07 Å². The molecule has 3 unspecified atom stereocenters. The van der Waals surface area contributed by atoms with E-state index in [1.165, 1.54) is 11.1 Å². The zero-order chi connectivity index (χ0) is 12.4. The van der Waals surface area contributed by atoms with Crippen molar-refractivity contribution in [2.45, 2.75) is 31.4 Å². The van der Waals surface area contributed by atoms with E-state index < -0.39 is 25.2 Å². The number of rotatable bonds is 5. The van der Waals surface area contributed by atoms with E-state index in [0.29, 0.717) is 5.56 Å². The van der Waals surface area contributed by atoms with Gasteiger partial charge in [0, 0.05) is 0 Å². The Kier molecular flexibility index (Phi) is 3.76. The molecule has 1 aliphatic rings. The molecule has 5 N–H and O–H groups in total. The molecule has 0 heterocycles. The topological polar surface area (TPSA) is 93.0 Å². The van der Waals surface area contributed by atoms with Crippen LogP contribution < -0.4 is 5.32 Å². The summed E-state index contributed by atoms with van der Waals surface area (Å²) in [5.41, 5.74) is 3.14. The molecule has 0 spiro atoms. The minimum Gasteiger partial charge on any atom is -0.394 e. The molecule has 2 rings (SSSR count). The number of aryl methyl sites for hydroxylation is 2. The van der Waals surface area contributed by atoms with Crippen molar-refractivity contribution in [1.29, 1.82) is 0 Å². The highest BCUT2D eigenvalue weighted by Gasteiger charge is 2.20. The number of benzene rings is 1. The molecule has 0 saturated carbocycles. The van der Waals surface area contributed by atoms with E-state index in [0.717, 1.165) is 12.8 Å². The average molecular weight is 239 g/mol. The fraction of sp³-hybridized carbons (Fsp3) is 0.500. The van der Waals surface area contributed by atoms with Crippen LogP contribution in [0.25, 0.3) is 0 Å². The second kappa shape index (κ2) is 5.12. The molecule has 0 aromatic heterocycles. The van der Waals surface area contributed by atoms with Crippen LogP contribution in [-0.4, -0.2) is 39.4 Å². The SMILES string of the molecule is OCC(O)C(O)NC(O)c1ccc2c(c1)CC2. The van der Waals surface area contributed by atoms with Crippen LogP contribution in [0.4, 0.5) is 0 Å². The summed E-state index contributed by atoms with van der Waals surface area (Å²) in [6, 6.07) is 5.62. The number of aliphatic hydroxyl groups excluding tert-OH is 4. The summed E-state index contributed by atoms with van der Waals surface area (Å²) in [7, 11) is 0. The molecule has 17 heavy (non-hydrogen) atoms. The molecule has 1 aromatic carbocycles. The van der Waals surface area contributed by atoms with E-state index in [-0.39, 0.29) is 0 Å². The van der Waals surface area contributed by atoms with Gasteiger partial charge in [0.2, 0.25) is 0 Å². The van der Waals surface area contributed by atoms with E-state index >= 15 is 0 Å². The summed E-state index contributed by atoms with van der Waals surface area (Å²) in [6.45, 7) is -0.564. The summed E-state index contributed by atoms with van der Waals surface area (Å²) >= 11 is 0. The molecular weight excluding hydrogens is 222 g/mol. The average Bonchev–Trinajstić information content (AvgIpc) is 2.29. The van der Waals surface area contributed by atoms with E-state index in [2.05, 4.69) is 5.32 Å². The first-order valence-electron chi connectivity index (χ1n) is 5.64. The van der Waals surface area contributed by atoms with Crippen molar-refractivity contribution in [3.8, 4) is 0 Å².